The lowest BCUT2D eigenvalue weighted by Crippen LogP contribution is -2.45. The van der Waals surface area contributed by atoms with Crippen LogP contribution in [-0.4, -0.2) is 30.5 Å². The van der Waals surface area contributed by atoms with Gasteiger partial charge in [-0.25, -0.2) is 0 Å². The highest BCUT2D eigenvalue weighted by atomic mass is 79.9. The van der Waals surface area contributed by atoms with Gasteiger partial charge in [-0.2, -0.15) is 0 Å². The molecule has 4 heteroatoms. The molecule has 1 aliphatic heterocycles. The van der Waals surface area contributed by atoms with Gasteiger partial charge in [-0.05, 0) is 30.0 Å². The standard InChI is InChI=1S/C15H20BrNO2/c16-13-3-1-2-12-11(13)4-5-14(12)17-10-15(18)6-8-19-9-7-15/h1-3,14,17-18H,4-10H2. The summed E-state index contributed by atoms with van der Waals surface area (Å²) in [5.41, 5.74) is 2.21. The maximum atomic E-state index is 10.5. The van der Waals surface area contributed by atoms with Gasteiger partial charge in [0.05, 0.1) is 5.60 Å². The molecule has 104 valence electrons. The van der Waals surface area contributed by atoms with Crippen LogP contribution >= 0.6 is 15.9 Å². The first-order valence-electron chi connectivity index (χ1n) is 6.99. The Morgan fingerprint density at radius 1 is 1.37 bits per heavy atom. The van der Waals surface area contributed by atoms with Crippen molar-refractivity contribution in [2.75, 3.05) is 19.8 Å². The number of benzene rings is 1. The molecule has 2 aliphatic rings. The first-order valence-corrected chi connectivity index (χ1v) is 7.78. The van der Waals surface area contributed by atoms with Crippen LogP contribution in [0.15, 0.2) is 22.7 Å². The molecule has 3 rings (SSSR count). The van der Waals surface area contributed by atoms with Crippen LogP contribution in [0.4, 0.5) is 0 Å². The van der Waals surface area contributed by atoms with Gasteiger partial charge in [-0.15, -0.1) is 0 Å². The van der Waals surface area contributed by atoms with Gasteiger partial charge < -0.3 is 15.2 Å². The first-order chi connectivity index (χ1) is 9.18. The SMILES string of the molecule is OC1(CNC2CCc3c(Br)cccc32)CCOCC1. The molecule has 1 aromatic carbocycles. The molecule has 0 bridgehead atoms. The van der Waals surface area contributed by atoms with Gasteiger partial charge in [-0.3, -0.25) is 0 Å². The van der Waals surface area contributed by atoms with E-state index in [-0.39, 0.29) is 0 Å². The lowest BCUT2D eigenvalue weighted by molar-refractivity contribution is -0.0628. The summed E-state index contributed by atoms with van der Waals surface area (Å²) in [4.78, 5) is 0. The highest BCUT2D eigenvalue weighted by molar-refractivity contribution is 9.10. The van der Waals surface area contributed by atoms with Crippen molar-refractivity contribution in [3.05, 3.63) is 33.8 Å². The molecule has 0 saturated carbocycles. The molecule has 0 aromatic heterocycles. The number of aliphatic hydroxyl groups is 1. The third kappa shape index (κ3) is 2.87. The van der Waals surface area contributed by atoms with E-state index in [9.17, 15) is 5.11 Å². The highest BCUT2D eigenvalue weighted by Gasteiger charge is 2.32. The average Bonchev–Trinajstić information content (AvgIpc) is 2.82. The van der Waals surface area contributed by atoms with Crippen molar-refractivity contribution in [3.63, 3.8) is 0 Å². The molecule has 1 aromatic rings. The molecule has 1 heterocycles. The monoisotopic (exact) mass is 325 g/mol. The minimum absolute atomic E-state index is 0.374. The Kier molecular flexibility index (Phi) is 3.94. The largest absolute Gasteiger partial charge is 0.388 e. The maximum Gasteiger partial charge on any atom is 0.0815 e. The predicted octanol–water partition coefficient (Wildman–Crippen LogP) is 2.57. The van der Waals surface area contributed by atoms with Gasteiger partial charge in [0.25, 0.3) is 0 Å². The Balaban J connectivity index is 1.65. The highest BCUT2D eigenvalue weighted by Crippen LogP contribution is 2.36. The van der Waals surface area contributed by atoms with E-state index >= 15 is 0 Å². The van der Waals surface area contributed by atoms with Gasteiger partial charge in [0, 0.05) is 43.1 Å². The fourth-order valence-corrected chi connectivity index (χ4v) is 3.64. The molecule has 1 unspecified atom stereocenters. The summed E-state index contributed by atoms with van der Waals surface area (Å²) in [6.45, 7) is 2.00. The van der Waals surface area contributed by atoms with Crippen molar-refractivity contribution in [2.24, 2.45) is 0 Å². The lowest BCUT2D eigenvalue weighted by Gasteiger charge is -2.33. The predicted molar refractivity (Wildman–Crippen MR) is 78.2 cm³/mol. The number of halogens is 1. The van der Waals surface area contributed by atoms with Gasteiger partial charge >= 0.3 is 0 Å². The van der Waals surface area contributed by atoms with Gasteiger partial charge in [0.15, 0.2) is 0 Å². The summed E-state index contributed by atoms with van der Waals surface area (Å²) >= 11 is 3.62. The van der Waals surface area contributed by atoms with E-state index in [1.165, 1.54) is 15.6 Å². The summed E-state index contributed by atoms with van der Waals surface area (Å²) < 4.78 is 6.52. The van der Waals surface area contributed by atoms with E-state index in [1.54, 1.807) is 0 Å². The van der Waals surface area contributed by atoms with E-state index in [1.807, 2.05) is 0 Å². The third-order valence-corrected chi connectivity index (χ3v) is 5.06. The van der Waals surface area contributed by atoms with E-state index in [4.69, 9.17) is 4.74 Å². The van der Waals surface area contributed by atoms with E-state index in [2.05, 4.69) is 39.4 Å². The van der Waals surface area contributed by atoms with Crippen molar-refractivity contribution < 1.29 is 9.84 Å². The second-order valence-electron chi connectivity index (χ2n) is 5.62. The van der Waals surface area contributed by atoms with Crippen LogP contribution in [0.1, 0.15) is 36.4 Å². The molecule has 1 saturated heterocycles. The van der Waals surface area contributed by atoms with Crippen LogP contribution in [0.2, 0.25) is 0 Å². The Hall–Kier alpha value is -0.420. The first kappa shape index (κ1) is 13.6. The summed E-state index contributed by atoms with van der Waals surface area (Å²) in [7, 11) is 0. The Morgan fingerprint density at radius 3 is 2.95 bits per heavy atom. The second-order valence-corrected chi connectivity index (χ2v) is 6.47. The van der Waals surface area contributed by atoms with E-state index < -0.39 is 5.60 Å². The summed E-state index contributed by atoms with van der Waals surface area (Å²) in [6.07, 6.45) is 3.69. The Morgan fingerprint density at radius 2 is 2.16 bits per heavy atom. The molecule has 0 radical (unpaired) electrons. The Labute approximate surface area is 122 Å². The fourth-order valence-electron chi connectivity index (χ4n) is 3.06. The Bertz CT molecular complexity index is 457. The van der Waals surface area contributed by atoms with Crippen LogP contribution in [-0.2, 0) is 11.2 Å². The van der Waals surface area contributed by atoms with Crippen molar-refractivity contribution in [2.45, 2.75) is 37.3 Å². The molecule has 1 atom stereocenters. The number of hydrogen-bond donors (Lipinski definition) is 2. The van der Waals surface area contributed by atoms with Crippen LogP contribution in [0.5, 0.6) is 0 Å². The third-order valence-electron chi connectivity index (χ3n) is 4.31. The molecular formula is C15H20BrNO2. The zero-order chi connectivity index (χ0) is 13.3. The zero-order valence-electron chi connectivity index (χ0n) is 11.0. The van der Waals surface area contributed by atoms with E-state index in [0.717, 1.165) is 25.7 Å². The average molecular weight is 326 g/mol. The zero-order valence-corrected chi connectivity index (χ0v) is 12.6. The number of nitrogens with one attached hydrogen (secondary N) is 1. The molecule has 1 aliphatic carbocycles. The summed E-state index contributed by atoms with van der Waals surface area (Å²) in [6, 6.07) is 6.76. The molecular weight excluding hydrogens is 306 g/mol. The molecule has 19 heavy (non-hydrogen) atoms. The maximum absolute atomic E-state index is 10.5. The number of rotatable bonds is 3. The van der Waals surface area contributed by atoms with Crippen LogP contribution < -0.4 is 5.32 Å². The summed E-state index contributed by atoms with van der Waals surface area (Å²) in [5, 5.41) is 14.0. The second kappa shape index (κ2) is 5.52. The fraction of sp³-hybridized carbons (Fsp3) is 0.600. The van der Waals surface area contributed by atoms with Gasteiger partial charge in [0.1, 0.15) is 0 Å². The molecule has 1 fully saturated rings. The minimum Gasteiger partial charge on any atom is -0.388 e. The van der Waals surface area contributed by atoms with Crippen molar-refractivity contribution in [1.82, 2.24) is 5.32 Å². The van der Waals surface area contributed by atoms with E-state index in [0.29, 0.717) is 25.8 Å². The van der Waals surface area contributed by atoms with Gasteiger partial charge in [-0.1, -0.05) is 28.1 Å². The lowest BCUT2D eigenvalue weighted by atomic mass is 9.94. The summed E-state index contributed by atoms with van der Waals surface area (Å²) in [5.74, 6) is 0. The molecule has 0 amide bonds. The van der Waals surface area contributed by atoms with Crippen LogP contribution in [0.3, 0.4) is 0 Å². The van der Waals surface area contributed by atoms with Crippen molar-refractivity contribution >= 4 is 15.9 Å². The molecule has 2 N–H and O–H groups in total. The molecule has 3 nitrogen and oxygen atoms in total. The van der Waals surface area contributed by atoms with Crippen molar-refractivity contribution in [3.8, 4) is 0 Å². The smallest absolute Gasteiger partial charge is 0.0815 e. The number of hydrogen-bond acceptors (Lipinski definition) is 3. The molecule has 0 spiro atoms. The van der Waals surface area contributed by atoms with Gasteiger partial charge in [0.2, 0.25) is 0 Å². The van der Waals surface area contributed by atoms with Crippen molar-refractivity contribution in [1.29, 1.82) is 0 Å². The minimum atomic E-state index is -0.590. The van der Waals surface area contributed by atoms with Crippen LogP contribution in [0, 0.1) is 0 Å². The normalized spacial score (nSPS) is 25.3. The van der Waals surface area contributed by atoms with Crippen LogP contribution in [0.25, 0.3) is 0 Å². The topological polar surface area (TPSA) is 41.5 Å². The number of fused-ring (bicyclic) bond motifs is 1. The quantitative estimate of drug-likeness (QED) is 0.897. The number of ether oxygens (including phenoxy) is 1.